The summed E-state index contributed by atoms with van der Waals surface area (Å²) in [5.41, 5.74) is 0.391. The standard InChI is InChI=1S/C12H14ClFO3/c1-7(12(16)17-2)5-11(15)8-3-4-9(13)10(14)6-8/h3-4,6-7,11,15H,5H2,1-2H3. The molecule has 17 heavy (non-hydrogen) atoms. The van der Waals surface area contributed by atoms with Crippen LogP contribution in [0.4, 0.5) is 4.39 Å². The number of esters is 1. The Bertz CT molecular complexity index is 409. The number of hydrogen-bond acceptors (Lipinski definition) is 3. The Morgan fingerprint density at radius 2 is 2.24 bits per heavy atom. The lowest BCUT2D eigenvalue weighted by Gasteiger charge is -2.15. The van der Waals surface area contributed by atoms with E-state index in [-0.39, 0.29) is 11.4 Å². The predicted octanol–water partition coefficient (Wildman–Crippen LogP) is 2.71. The summed E-state index contributed by atoms with van der Waals surface area (Å²) in [7, 11) is 1.28. The molecule has 3 nitrogen and oxygen atoms in total. The quantitative estimate of drug-likeness (QED) is 0.847. The molecular formula is C12H14ClFO3. The van der Waals surface area contributed by atoms with Gasteiger partial charge in [-0.1, -0.05) is 24.6 Å². The number of aliphatic hydroxyl groups excluding tert-OH is 1. The number of rotatable bonds is 4. The number of carbonyl (C=O) groups is 1. The molecule has 1 rings (SSSR count). The van der Waals surface area contributed by atoms with Gasteiger partial charge in [0.25, 0.3) is 0 Å². The molecule has 2 atom stereocenters. The van der Waals surface area contributed by atoms with Crippen LogP contribution in [0.1, 0.15) is 25.0 Å². The molecule has 0 amide bonds. The summed E-state index contributed by atoms with van der Waals surface area (Å²) >= 11 is 5.53. The second kappa shape index (κ2) is 5.98. The van der Waals surface area contributed by atoms with E-state index in [2.05, 4.69) is 4.74 Å². The fraction of sp³-hybridized carbons (Fsp3) is 0.417. The van der Waals surface area contributed by atoms with E-state index in [1.165, 1.54) is 19.2 Å². The van der Waals surface area contributed by atoms with Gasteiger partial charge in [-0.05, 0) is 24.1 Å². The molecule has 0 radical (unpaired) electrons. The highest BCUT2D eigenvalue weighted by Crippen LogP contribution is 2.25. The summed E-state index contributed by atoms with van der Waals surface area (Å²) in [4.78, 5) is 11.2. The van der Waals surface area contributed by atoms with Gasteiger partial charge in [-0.2, -0.15) is 0 Å². The minimum absolute atomic E-state index is 0.00182. The van der Waals surface area contributed by atoms with Crippen molar-refractivity contribution in [3.8, 4) is 0 Å². The van der Waals surface area contributed by atoms with Gasteiger partial charge in [-0.15, -0.1) is 0 Å². The second-order valence-electron chi connectivity index (χ2n) is 3.85. The molecule has 1 aromatic rings. The van der Waals surface area contributed by atoms with Crippen LogP contribution in [0.5, 0.6) is 0 Å². The molecule has 0 aromatic heterocycles. The van der Waals surface area contributed by atoms with Gasteiger partial charge in [-0.25, -0.2) is 4.39 Å². The summed E-state index contributed by atoms with van der Waals surface area (Å²) in [5, 5.41) is 9.83. The Hall–Kier alpha value is -1.13. The maximum atomic E-state index is 13.2. The largest absolute Gasteiger partial charge is 0.469 e. The lowest BCUT2D eigenvalue weighted by atomic mass is 9.98. The number of halogens is 2. The molecule has 5 heteroatoms. The molecule has 94 valence electrons. The lowest BCUT2D eigenvalue weighted by molar-refractivity contribution is -0.145. The molecule has 0 heterocycles. The van der Waals surface area contributed by atoms with Gasteiger partial charge in [0.15, 0.2) is 0 Å². The van der Waals surface area contributed by atoms with Crippen molar-refractivity contribution in [1.82, 2.24) is 0 Å². The van der Waals surface area contributed by atoms with E-state index in [0.29, 0.717) is 5.56 Å². The number of methoxy groups -OCH3 is 1. The number of carbonyl (C=O) groups excluding carboxylic acids is 1. The van der Waals surface area contributed by atoms with Crippen molar-refractivity contribution in [2.24, 2.45) is 5.92 Å². The van der Waals surface area contributed by atoms with Crippen LogP contribution in [0.25, 0.3) is 0 Å². The molecule has 0 saturated carbocycles. The maximum absolute atomic E-state index is 13.2. The van der Waals surface area contributed by atoms with Crippen molar-refractivity contribution in [2.75, 3.05) is 7.11 Å². The predicted molar refractivity (Wildman–Crippen MR) is 62.2 cm³/mol. The van der Waals surface area contributed by atoms with Gasteiger partial charge in [0, 0.05) is 0 Å². The van der Waals surface area contributed by atoms with E-state index in [1.807, 2.05) is 0 Å². The Labute approximate surface area is 104 Å². The third-order valence-corrected chi connectivity index (χ3v) is 2.82. The Morgan fingerprint density at radius 1 is 1.59 bits per heavy atom. The zero-order valence-electron chi connectivity index (χ0n) is 9.61. The molecule has 1 N–H and O–H groups in total. The first kappa shape index (κ1) is 13.9. The van der Waals surface area contributed by atoms with Crippen LogP contribution in [0, 0.1) is 11.7 Å². The van der Waals surface area contributed by atoms with E-state index >= 15 is 0 Å². The molecule has 0 aliphatic carbocycles. The molecule has 0 bridgehead atoms. The smallest absolute Gasteiger partial charge is 0.308 e. The third kappa shape index (κ3) is 3.68. The van der Waals surface area contributed by atoms with Gasteiger partial charge < -0.3 is 9.84 Å². The van der Waals surface area contributed by atoms with Crippen LogP contribution in [0.2, 0.25) is 5.02 Å². The van der Waals surface area contributed by atoms with Gasteiger partial charge in [0.2, 0.25) is 0 Å². The molecular weight excluding hydrogens is 247 g/mol. The molecule has 0 fully saturated rings. The molecule has 2 unspecified atom stereocenters. The monoisotopic (exact) mass is 260 g/mol. The van der Waals surface area contributed by atoms with Gasteiger partial charge in [-0.3, -0.25) is 4.79 Å². The Balaban J connectivity index is 2.72. The van der Waals surface area contributed by atoms with E-state index in [0.717, 1.165) is 6.07 Å². The highest BCUT2D eigenvalue weighted by Gasteiger charge is 2.19. The zero-order valence-corrected chi connectivity index (χ0v) is 10.4. The van der Waals surface area contributed by atoms with E-state index in [4.69, 9.17) is 11.6 Å². The van der Waals surface area contributed by atoms with Gasteiger partial charge in [0.1, 0.15) is 5.82 Å². The van der Waals surface area contributed by atoms with Crippen molar-refractivity contribution < 1.29 is 19.0 Å². The number of ether oxygens (including phenoxy) is 1. The first-order chi connectivity index (χ1) is 7.95. The zero-order chi connectivity index (χ0) is 13.0. The Kier molecular flexibility index (Phi) is 4.90. The van der Waals surface area contributed by atoms with Crippen LogP contribution in [-0.2, 0) is 9.53 Å². The van der Waals surface area contributed by atoms with Crippen LogP contribution in [0.15, 0.2) is 18.2 Å². The summed E-state index contributed by atoms with van der Waals surface area (Å²) in [6.45, 7) is 1.64. The normalized spacial score (nSPS) is 14.2. The Morgan fingerprint density at radius 3 is 2.76 bits per heavy atom. The van der Waals surface area contributed by atoms with Crippen molar-refractivity contribution >= 4 is 17.6 Å². The first-order valence-corrected chi connectivity index (χ1v) is 5.54. The fourth-order valence-electron chi connectivity index (χ4n) is 1.49. The van der Waals surface area contributed by atoms with Crippen molar-refractivity contribution in [1.29, 1.82) is 0 Å². The van der Waals surface area contributed by atoms with Crippen molar-refractivity contribution in [3.63, 3.8) is 0 Å². The number of hydrogen-bond donors (Lipinski definition) is 1. The van der Waals surface area contributed by atoms with Crippen LogP contribution in [0.3, 0.4) is 0 Å². The van der Waals surface area contributed by atoms with Crippen molar-refractivity contribution in [2.45, 2.75) is 19.4 Å². The second-order valence-corrected chi connectivity index (χ2v) is 4.26. The minimum Gasteiger partial charge on any atom is -0.469 e. The van der Waals surface area contributed by atoms with Crippen LogP contribution >= 0.6 is 11.6 Å². The van der Waals surface area contributed by atoms with Gasteiger partial charge >= 0.3 is 5.97 Å². The summed E-state index contributed by atoms with van der Waals surface area (Å²) in [5.74, 6) is -1.44. The first-order valence-electron chi connectivity index (χ1n) is 5.16. The van der Waals surface area contributed by atoms with E-state index < -0.39 is 23.8 Å². The topological polar surface area (TPSA) is 46.5 Å². The van der Waals surface area contributed by atoms with E-state index in [1.54, 1.807) is 6.92 Å². The summed E-state index contributed by atoms with van der Waals surface area (Å²) < 4.78 is 17.7. The van der Waals surface area contributed by atoms with Crippen LogP contribution in [-0.4, -0.2) is 18.2 Å². The summed E-state index contributed by atoms with van der Waals surface area (Å²) in [6, 6.07) is 4.06. The average Bonchev–Trinajstić information content (AvgIpc) is 2.31. The number of benzene rings is 1. The average molecular weight is 261 g/mol. The SMILES string of the molecule is COC(=O)C(C)CC(O)c1ccc(Cl)c(F)c1. The molecule has 1 aromatic carbocycles. The highest BCUT2D eigenvalue weighted by molar-refractivity contribution is 6.30. The molecule has 0 aliphatic rings. The number of aliphatic hydroxyl groups is 1. The molecule has 0 spiro atoms. The third-order valence-electron chi connectivity index (χ3n) is 2.51. The summed E-state index contributed by atoms with van der Waals surface area (Å²) in [6.07, 6.45) is -0.746. The maximum Gasteiger partial charge on any atom is 0.308 e. The van der Waals surface area contributed by atoms with E-state index in [9.17, 15) is 14.3 Å². The molecule has 0 saturated heterocycles. The fourth-order valence-corrected chi connectivity index (χ4v) is 1.61. The van der Waals surface area contributed by atoms with Gasteiger partial charge in [0.05, 0.1) is 24.2 Å². The van der Waals surface area contributed by atoms with Crippen LogP contribution < -0.4 is 0 Å². The molecule has 0 aliphatic heterocycles. The minimum atomic E-state index is -0.920. The lowest BCUT2D eigenvalue weighted by Crippen LogP contribution is -2.16. The van der Waals surface area contributed by atoms with Crippen molar-refractivity contribution in [3.05, 3.63) is 34.6 Å². The highest BCUT2D eigenvalue weighted by atomic mass is 35.5.